The molecule has 0 heterocycles. The first kappa shape index (κ1) is 20.3. The molecule has 0 radical (unpaired) electrons. The Labute approximate surface area is 112 Å². The number of hydrogen-bond donors (Lipinski definition) is 1. The minimum Gasteiger partial charge on any atom is -0.396 e. The molecule has 1 nitrogen and oxygen atoms in total. The summed E-state index contributed by atoms with van der Waals surface area (Å²) in [6.07, 6.45) is -22.9. The normalized spacial score (nSPS) is 16.1. The Morgan fingerprint density at radius 2 is 1.14 bits per heavy atom. The average molecular weight is 338 g/mol. The highest BCUT2D eigenvalue weighted by atomic mass is 19.4. The van der Waals surface area contributed by atoms with Gasteiger partial charge in [0.05, 0.1) is 5.92 Å². The van der Waals surface area contributed by atoms with E-state index in [1.54, 1.807) is 0 Å². The molecule has 0 aromatic rings. The zero-order valence-electron chi connectivity index (χ0n) is 10.3. The van der Waals surface area contributed by atoms with Crippen molar-refractivity contribution in [3.05, 3.63) is 0 Å². The van der Waals surface area contributed by atoms with E-state index in [-0.39, 0.29) is 0 Å². The van der Waals surface area contributed by atoms with Gasteiger partial charge in [-0.3, -0.25) is 0 Å². The number of aliphatic hydroxyl groups excluding tert-OH is 1. The Kier molecular flexibility index (Phi) is 6.34. The van der Waals surface area contributed by atoms with Gasteiger partial charge in [-0.15, -0.1) is 0 Å². The summed E-state index contributed by atoms with van der Waals surface area (Å²) in [4.78, 5) is 0. The number of aliphatic hydroxyl groups is 1. The molecule has 0 aromatic heterocycles. The smallest absolute Gasteiger partial charge is 0.396 e. The third-order valence-corrected chi connectivity index (χ3v) is 2.91. The maximum atomic E-state index is 13.2. The van der Waals surface area contributed by atoms with Gasteiger partial charge in [-0.25, -0.2) is 4.39 Å². The molecule has 0 amide bonds. The van der Waals surface area contributed by atoms with E-state index in [1.807, 2.05) is 0 Å². The van der Waals surface area contributed by atoms with Crippen molar-refractivity contribution in [2.75, 3.05) is 6.61 Å². The molecule has 0 aliphatic rings. The van der Waals surface area contributed by atoms with Crippen LogP contribution in [0.5, 0.6) is 0 Å². The zero-order valence-corrected chi connectivity index (χ0v) is 10.3. The van der Waals surface area contributed by atoms with E-state index in [2.05, 4.69) is 0 Å². The van der Waals surface area contributed by atoms with E-state index < -0.39 is 62.4 Å². The third-order valence-electron chi connectivity index (χ3n) is 2.91. The Morgan fingerprint density at radius 1 is 0.714 bits per heavy atom. The summed E-state index contributed by atoms with van der Waals surface area (Å²) in [5, 5.41) is 8.38. The number of hydrogen-bond acceptors (Lipinski definition) is 1. The lowest BCUT2D eigenvalue weighted by molar-refractivity contribution is -0.343. The van der Waals surface area contributed by atoms with Gasteiger partial charge in [0.1, 0.15) is 0 Å². The van der Waals surface area contributed by atoms with Crippen molar-refractivity contribution in [2.45, 2.75) is 49.9 Å². The van der Waals surface area contributed by atoms with Gasteiger partial charge in [0.15, 0.2) is 0 Å². The summed E-state index contributed by atoms with van der Waals surface area (Å²) in [6, 6.07) is 0. The molecule has 0 spiro atoms. The van der Waals surface area contributed by atoms with Crippen LogP contribution in [0.2, 0.25) is 0 Å². The Hall–Kier alpha value is -0.740. The predicted octanol–water partition coefficient (Wildman–Crippen LogP) is 4.55. The maximum Gasteiger partial charge on any atom is 0.431 e. The number of rotatable bonds is 6. The second-order valence-electron chi connectivity index (χ2n) is 4.44. The summed E-state index contributed by atoms with van der Waals surface area (Å²) in [7, 11) is 0. The monoisotopic (exact) mass is 338 g/mol. The van der Waals surface area contributed by atoms with Gasteiger partial charge in [0.25, 0.3) is 5.67 Å². The van der Waals surface area contributed by atoms with E-state index in [9.17, 15) is 43.9 Å². The van der Waals surface area contributed by atoms with Gasteiger partial charge in [-0.1, -0.05) is 0 Å². The summed E-state index contributed by atoms with van der Waals surface area (Å²) in [6.45, 7) is -0.941. The van der Waals surface area contributed by atoms with Crippen LogP contribution < -0.4 is 0 Å². The standard InChI is InChI=1S/C10H12F10O/c11-7(9(15,16)17,10(18,19)20)4-1-2-6(3-5-21)8(12,13)14/h6,21H,1-5H2. The van der Waals surface area contributed by atoms with Crippen LogP contribution in [0.25, 0.3) is 0 Å². The summed E-state index contributed by atoms with van der Waals surface area (Å²) < 4.78 is 123. The molecule has 0 aliphatic carbocycles. The fourth-order valence-corrected chi connectivity index (χ4v) is 1.66. The fourth-order valence-electron chi connectivity index (χ4n) is 1.66. The van der Waals surface area contributed by atoms with Crippen LogP contribution in [-0.4, -0.2) is 35.9 Å². The third kappa shape index (κ3) is 5.19. The highest BCUT2D eigenvalue weighted by molar-refractivity contribution is 4.94. The zero-order chi connectivity index (χ0) is 17.1. The van der Waals surface area contributed by atoms with Crippen molar-refractivity contribution in [3.8, 4) is 0 Å². The molecule has 0 aromatic carbocycles. The summed E-state index contributed by atoms with van der Waals surface area (Å²) in [5.41, 5.74) is -5.55. The first-order valence-electron chi connectivity index (χ1n) is 5.66. The van der Waals surface area contributed by atoms with Crippen LogP contribution in [-0.2, 0) is 0 Å². The quantitative estimate of drug-likeness (QED) is 0.705. The lowest BCUT2D eigenvalue weighted by Crippen LogP contribution is -2.53. The van der Waals surface area contributed by atoms with Crippen molar-refractivity contribution in [3.63, 3.8) is 0 Å². The van der Waals surface area contributed by atoms with Gasteiger partial charge in [0, 0.05) is 6.61 Å². The highest BCUT2D eigenvalue weighted by Gasteiger charge is 2.71. The molecule has 0 rings (SSSR count). The first-order valence-corrected chi connectivity index (χ1v) is 5.66. The fraction of sp³-hybridized carbons (Fsp3) is 1.00. The molecular weight excluding hydrogens is 326 g/mol. The second kappa shape index (κ2) is 6.57. The van der Waals surface area contributed by atoms with Crippen LogP contribution >= 0.6 is 0 Å². The average Bonchev–Trinajstić information content (AvgIpc) is 2.23. The number of halogens is 10. The van der Waals surface area contributed by atoms with Crippen molar-refractivity contribution >= 4 is 0 Å². The van der Waals surface area contributed by atoms with Crippen LogP contribution in [0.1, 0.15) is 25.7 Å². The Balaban J connectivity index is 4.87. The SMILES string of the molecule is OCCC(CCCC(F)(C(F)(F)F)C(F)(F)F)C(F)(F)F. The van der Waals surface area contributed by atoms with E-state index in [1.165, 1.54) is 0 Å². The molecule has 0 aliphatic heterocycles. The second-order valence-corrected chi connectivity index (χ2v) is 4.44. The number of alkyl halides is 10. The van der Waals surface area contributed by atoms with Gasteiger partial charge >= 0.3 is 18.5 Å². The van der Waals surface area contributed by atoms with Gasteiger partial charge in [-0.05, 0) is 25.7 Å². The highest BCUT2D eigenvalue weighted by Crippen LogP contribution is 2.49. The van der Waals surface area contributed by atoms with Crippen molar-refractivity contribution in [1.82, 2.24) is 0 Å². The Morgan fingerprint density at radius 3 is 1.43 bits per heavy atom. The molecule has 1 N–H and O–H groups in total. The summed E-state index contributed by atoms with van der Waals surface area (Å²) >= 11 is 0. The van der Waals surface area contributed by atoms with E-state index in [0.29, 0.717) is 0 Å². The van der Waals surface area contributed by atoms with Gasteiger partial charge in [-0.2, -0.15) is 39.5 Å². The molecule has 21 heavy (non-hydrogen) atoms. The molecule has 0 bridgehead atoms. The predicted molar refractivity (Wildman–Crippen MR) is 51.0 cm³/mol. The van der Waals surface area contributed by atoms with Crippen molar-refractivity contribution < 1.29 is 49.0 Å². The minimum atomic E-state index is -6.27. The molecule has 0 saturated carbocycles. The molecule has 11 heteroatoms. The van der Waals surface area contributed by atoms with Crippen molar-refractivity contribution in [2.24, 2.45) is 5.92 Å². The minimum absolute atomic E-state index is 0.874. The maximum absolute atomic E-state index is 13.2. The molecule has 1 unspecified atom stereocenters. The Bertz CT molecular complexity index is 301. The van der Waals surface area contributed by atoms with E-state index in [4.69, 9.17) is 5.11 Å². The molecule has 128 valence electrons. The van der Waals surface area contributed by atoms with Crippen LogP contribution in [0.15, 0.2) is 0 Å². The largest absolute Gasteiger partial charge is 0.431 e. The topological polar surface area (TPSA) is 20.2 Å². The molecular formula is C10H12F10O. The van der Waals surface area contributed by atoms with Gasteiger partial charge in [0.2, 0.25) is 0 Å². The molecule has 1 atom stereocenters. The van der Waals surface area contributed by atoms with Crippen molar-refractivity contribution in [1.29, 1.82) is 0 Å². The van der Waals surface area contributed by atoms with Crippen LogP contribution in [0, 0.1) is 5.92 Å². The lowest BCUT2D eigenvalue weighted by atomic mass is 9.92. The first-order chi connectivity index (χ1) is 9.17. The van der Waals surface area contributed by atoms with E-state index >= 15 is 0 Å². The van der Waals surface area contributed by atoms with E-state index in [0.717, 1.165) is 0 Å². The molecule has 0 saturated heterocycles. The molecule has 0 fully saturated rings. The van der Waals surface area contributed by atoms with Crippen LogP contribution in [0.4, 0.5) is 43.9 Å². The van der Waals surface area contributed by atoms with Gasteiger partial charge < -0.3 is 5.11 Å². The summed E-state index contributed by atoms with van der Waals surface area (Å²) in [5.74, 6) is -2.28. The lowest BCUT2D eigenvalue weighted by Gasteiger charge is -2.30. The van der Waals surface area contributed by atoms with Crippen LogP contribution in [0.3, 0.4) is 0 Å².